The Kier molecular flexibility index (Phi) is 4.48. The van der Waals surface area contributed by atoms with Crippen molar-refractivity contribution in [3.8, 4) is 5.75 Å². The van der Waals surface area contributed by atoms with Crippen LogP contribution in [0.3, 0.4) is 0 Å². The molecule has 1 saturated carbocycles. The van der Waals surface area contributed by atoms with Crippen LogP contribution in [0.1, 0.15) is 44.9 Å². The molecule has 2 saturated heterocycles. The molecule has 27 heavy (non-hydrogen) atoms. The normalized spacial score (nSPS) is 32.5. The molecule has 3 atom stereocenters. The van der Waals surface area contributed by atoms with E-state index in [2.05, 4.69) is 27.8 Å². The van der Waals surface area contributed by atoms with Crippen LogP contribution < -0.4 is 15.4 Å². The van der Waals surface area contributed by atoms with Crippen molar-refractivity contribution in [2.45, 2.75) is 69.2 Å². The summed E-state index contributed by atoms with van der Waals surface area (Å²) in [6.45, 7) is 0. The van der Waals surface area contributed by atoms with Gasteiger partial charge in [-0.05, 0) is 69.2 Å². The molecule has 1 aliphatic carbocycles. The standard InChI is InChI=1S/C22H27N3O2/c26-22(19-13-16-5-9-21(19)24-16)25-15-3-6-17(7-4-15)27-18-8-10-20-14(12-18)2-1-11-23-20/h1-2,8,10-12,15-17,19,21,24H,3-7,9,13H2,(H,25,26)/t15?,16-,17?,19+,21+/m1/s1. The van der Waals surface area contributed by atoms with Gasteiger partial charge < -0.3 is 15.4 Å². The molecule has 1 aromatic carbocycles. The van der Waals surface area contributed by atoms with Crippen LogP contribution in [0.5, 0.6) is 5.75 Å². The molecule has 3 aliphatic rings. The number of pyridine rings is 1. The van der Waals surface area contributed by atoms with Crippen molar-refractivity contribution < 1.29 is 9.53 Å². The highest BCUT2D eigenvalue weighted by atomic mass is 16.5. The van der Waals surface area contributed by atoms with Crippen molar-refractivity contribution in [1.82, 2.24) is 15.6 Å². The highest BCUT2D eigenvalue weighted by Gasteiger charge is 2.43. The molecule has 2 aromatic rings. The van der Waals surface area contributed by atoms with E-state index in [9.17, 15) is 4.79 Å². The number of benzene rings is 1. The molecule has 5 rings (SSSR count). The van der Waals surface area contributed by atoms with Crippen molar-refractivity contribution >= 4 is 16.8 Å². The van der Waals surface area contributed by atoms with Crippen molar-refractivity contribution in [3.05, 3.63) is 36.5 Å². The summed E-state index contributed by atoms with van der Waals surface area (Å²) in [4.78, 5) is 17.0. The Balaban J connectivity index is 1.13. The minimum atomic E-state index is 0.184. The quantitative estimate of drug-likeness (QED) is 0.873. The Morgan fingerprint density at radius 2 is 2.00 bits per heavy atom. The van der Waals surface area contributed by atoms with Crippen LogP contribution in [0.15, 0.2) is 36.5 Å². The van der Waals surface area contributed by atoms with Crippen molar-refractivity contribution in [3.63, 3.8) is 0 Å². The van der Waals surface area contributed by atoms with E-state index >= 15 is 0 Å². The van der Waals surface area contributed by atoms with Crippen molar-refractivity contribution in [1.29, 1.82) is 0 Å². The fourth-order valence-electron chi connectivity index (χ4n) is 5.07. The molecule has 3 fully saturated rings. The number of nitrogens with zero attached hydrogens (tertiary/aromatic N) is 1. The lowest BCUT2D eigenvalue weighted by molar-refractivity contribution is -0.126. The fraction of sp³-hybridized carbons (Fsp3) is 0.545. The number of rotatable bonds is 4. The molecular weight excluding hydrogens is 338 g/mol. The van der Waals surface area contributed by atoms with Crippen molar-refractivity contribution in [2.24, 2.45) is 5.92 Å². The predicted molar refractivity (Wildman–Crippen MR) is 105 cm³/mol. The number of hydrogen-bond donors (Lipinski definition) is 2. The smallest absolute Gasteiger partial charge is 0.224 e. The second kappa shape index (κ2) is 7.12. The van der Waals surface area contributed by atoms with Gasteiger partial charge in [0.05, 0.1) is 17.5 Å². The van der Waals surface area contributed by atoms with E-state index in [0.29, 0.717) is 18.1 Å². The molecule has 2 aliphatic heterocycles. The van der Waals surface area contributed by atoms with Crippen LogP contribution in [0.25, 0.3) is 10.9 Å². The number of aromatic nitrogens is 1. The SMILES string of the molecule is O=C(NC1CCC(Oc2ccc3ncccc3c2)CC1)[C@H]1C[C@H]2CC[C@@H]1N2. The van der Waals surface area contributed by atoms with Crippen LogP contribution >= 0.6 is 0 Å². The van der Waals surface area contributed by atoms with E-state index in [1.54, 1.807) is 0 Å². The second-order valence-corrected chi connectivity index (χ2v) is 8.35. The molecule has 2 bridgehead atoms. The van der Waals surface area contributed by atoms with Crippen molar-refractivity contribution in [2.75, 3.05) is 0 Å². The van der Waals surface area contributed by atoms with Gasteiger partial charge in [0.15, 0.2) is 0 Å². The lowest BCUT2D eigenvalue weighted by Gasteiger charge is -2.31. The maximum atomic E-state index is 12.6. The highest BCUT2D eigenvalue weighted by molar-refractivity contribution is 5.80. The number of amides is 1. The summed E-state index contributed by atoms with van der Waals surface area (Å²) in [5.74, 6) is 1.36. The topological polar surface area (TPSA) is 63.2 Å². The van der Waals surface area contributed by atoms with Crippen LogP contribution in [-0.4, -0.2) is 35.1 Å². The van der Waals surface area contributed by atoms with Gasteiger partial charge in [-0.15, -0.1) is 0 Å². The predicted octanol–water partition coefficient (Wildman–Crippen LogP) is 3.18. The van der Waals surface area contributed by atoms with E-state index in [4.69, 9.17) is 4.74 Å². The summed E-state index contributed by atoms with van der Waals surface area (Å²) in [6.07, 6.45) is 9.44. The number of carbonyl (C=O) groups is 1. The molecule has 0 unspecified atom stereocenters. The van der Waals surface area contributed by atoms with Crippen LogP contribution in [-0.2, 0) is 4.79 Å². The van der Waals surface area contributed by atoms with Gasteiger partial charge >= 0.3 is 0 Å². The van der Waals surface area contributed by atoms with Gasteiger partial charge in [-0.2, -0.15) is 0 Å². The molecular formula is C22H27N3O2. The maximum absolute atomic E-state index is 12.6. The zero-order valence-corrected chi connectivity index (χ0v) is 15.6. The van der Waals surface area contributed by atoms with E-state index < -0.39 is 0 Å². The molecule has 0 spiro atoms. The maximum Gasteiger partial charge on any atom is 0.224 e. The summed E-state index contributed by atoms with van der Waals surface area (Å²) in [6, 6.07) is 11.4. The average molecular weight is 365 g/mol. The Labute approximate surface area is 159 Å². The van der Waals surface area contributed by atoms with E-state index in [1.807, 2.05) is 24.4 Å². The first-order chi connectivity index (χ1) is 13.2. The Bertz CT molecular complexity index is 831. The summed E-state index contributed by atoms with van der Waals surface area (Å²) in [5, 5.41) is 7.98. The lowest BCUT2D eigenvalue weighted by atomic mass is 9.87. The number of nitrogens with one attached hydrogen (secondary N) is 2. The van der Waals surface area contributed by atoms with Gasteiger partial charge in [-0.25, -0.2) is 0 Å². The van der Waals surface area contributed by atoms with E-state index in [-0.39, 0.29) is 17.9 Å². The first kappa shape index (κ1) is 17.0. The highest BCUT2D eigenvalue weighted by Crippen LogP contribution is 2.34. The van der Waals surface area contributed by atoms with Gasteiger partial charge in [0.2, 0.25) is 5.91 Å². The van der Waals surface area contributed by atoms with E-state index in [1.165, 1.54) is 6.42 Å². The molecule has 5 nitrogen and oxygen atoms in total. The number of hydrogen-bond acceptors (Lipinski definition) is 4. The molecule has 3 heterocycles. The second-order valence-electron chi connectivity index (χ2n) is 8.35. The molecule has 2 N–H and O–H groups in total. The summed E-state index contributed by atoms with van der Waals surface area (Å²) >= 11 is 0. The summed E-state index contributed by atoms with van der Waals surface area (Å²) < 4.78 is 6.21. The largest absolute Gasteiger partial charge is 0.490 e. The third-order valence-electron chi connectivity index (χ3n) is 6.53. The van der Waals surface area contributed by atoms with Gasteiger partial charge in [0.1, 0.15) is 5.75 Å². The first-order valence-corrected chi connectivity index (χ1v) is 10.3. The van der Waals surface area contributed by atoms with Gasteiger partial charge in [0, 0.05) is 29.7 Å². The zero-order chi connectivity index (χ0) is 18.2. The molecule has 1 amide bonds. The minimum Gasteiger partial charge on any atom is -0.490 e. The monoisotopic (exact) mass is 365 g/mol. The third kappa shape index (κ3) is 3.53. The minimum absolute atomic E-state index is 0.184. The summed E-state index contributed by atoms with van der Waals surface area (Å²) in [7, 11) is 0. The summed E-state index contributed by atoms with van der Waals surface area (Å²) in [5.41, 5.74) is 0.992. The molecule has 5 heteroatoms. The van der Waals surface area contributed by atoms with Gasteiger partial charge in [0.25, 0.3) is 0 Å². The Hall–Kier alpha value is -2.14. The molecule has 1 aromatic heterocycles. The van der Waals surface area contributed by atoms with Gasteiger partial charge in [-0.1, -0.05) is 6.07 Å². The van der Waals surface area contributed by atoms with E-state index in [0.717, 1.165) is 55.2 Å². The average Bonchev–Trinajstić information content (AvgIpc) is 3.33. The Morgan fingerprint density at radius 3 is 2.78 bits per heavy atom. The van der Waals surface area contributed by atoms with Crippen LogP contribution in [0.2, 0.25) is 0 Å². The number of ether oxygens (including phenoxy) is 1. The fourth-order valence-corrected chi connectivity index (χ4v) is 5.07. The Morgan fingerprint density at radius 1 is 1.11 bits per heavy atom. The molecule has 0 radical (unpaired) electrons. The lowest BCUT2D eigenvalue weighted by Crippen LogP contribution is -2.45. The molecule has 142 valence electrons. The van der Waals surface area contributed by atoms with Gasteiger partial charge in [-0.3, -0.25) is 9.78 Å². The zero-order valence-electron chi connectivity index (χ0n) is 15.6. The first-order valence-electron chi connectivity index (χ1n) is 10.3. The number of carbonyl (C=O) groups excluding carboxylic acids is 1. The number of fused-ring (bicyclic) bond motifs is 3. The van der Waals surface area contributed by atoms with Crippen LogP contribution in [0, 0.1) is 5.92 Å². The van der Waals surface area contributed by atoms with Crippen LogP contribution in [0.4, 0.5) is 0 Å². The third-order valence-corrected chi connectivity index (χ3v) is 6.53.